The largest absolute Gasteiger partial charge is 0.355 e. The highest BCUT2D eigenvalue weighted by Crippen LogP contribution is 2.25. The molecule has 2 rings (SSSR count). The van der Waals surface area contributed by atoms with E-state index in [0.717, 1.165) is 11.1 Å². The summed E-state index contributed by atoms with van der Waals surface area (Å²) in [5.74, 6) is -0.282. The van der Waals surface area contributed by atoms with Crippen LogP contribution in [0.2, 0.25) is 15.1 Å². The van der Waals surface area contributed by atoms with Crippen LogP contribution in [0.15, 0.2) is 42.5 Å². The van der Waals surface area contributed by atoms with Gasteiger partial charge >= 0.3 is 0 Å². The van der Waals surface area contributed by atoms with E-state index in [4.69, 9.17) is 34.8 Å². The number of nitrogens with one attached hydrogen (secondary N) is 1. The molecule has 2 amide bonds. The van der Waals surface area contributed by atoms with Crippen molar-refractivity contribution in [3.8, 4) is 0 Å². The average Bonchev–Trinajstić information content (AvgIpc) is 2.70. The van der Waals surface area contributed by atoms with Crippen molar-refractivity contribution in [3.63, 3.8) is 0 Å². The smallest absolute Gasteiger partial charge is 0.242 e. The summed E-state index contributed by atoms with van der Waals surface area (Å²) in [6.45, 7) is 4.52. The molecule has 156 valence electrons. The van der Waals surface area contributed by atoms with Crippen molar-refractivity contribution in [2.24, 2.45) is 0 Å². The predicted molar refractivity (Wildman–Crippen MR) is 120 cm³/mol. The monoisotopic (exact) mass is 454 g/mol. The summed E-state index contributed by atoms with van der Waals surface area (Å²) < 4.78 is 0. The van der Waals surface area contributed by atoms with Crippen molar-refractivity contribution in [2.45, 2.75) is 45.7 Å². The second kappa shape index (κ2) is 11.4. The Hall–Kier alpha value is -1.75. The lowest BCUT2D eigenvalue weighted by Gasteiger charge is -2.30. The molecule has 29 heavy (non-hydrogen) atoms. The second-order valence-electron chi connectivity index (χ2n) is 6.68. The van der Waals surface area contributed by atoms with Gasteiger partial charge in [-0.1, -0.05) is 66.0 Å². The van der Waals surface area contributed by atoms with E-state index in [1.807, 2.05) is 38.1 Å². The van der Waals surface area contributed by atoms with Crippen LogP contribution in [-0.2, 0) is 22.6 Å². The third-order valence-corrected chi connectivity index (χ3v) is 5.75. The number of amides is 2. The molecular weight excluding hydrogens is 431 g/mol. The van der Waals surface area contributed by atoms with Gasteiger partial charge in [-0.3, -0.25) is 9.59 Å². The highest BCUT2D eigenvalue weighted by Gasteiger charge is 2.28. The molecule has 1 atom stereocenters. The standard InChI is InChI=1S/C22H25Cl3N2O2/c1-3-20(22(29)26-4-2)27(14-15-9-11-18(24)19(25)13-15)21(28)12-10-16-7-5-6-8-17(16)23/h5-9,11,13,20H,3-4,10,12,14H2,1-2H3,(H,26,29). The molecule has 0 saturated heterocycles. The topological polar surface area (TPSA) is 49.4 Å². The minimum Gasteiger partial charge on any atom is -0.355 e. The maximum atomic E-state index is 13.1. The van der Waals surface area contributed by atoms with Gasteiger partial charge in [0.1, 0.15) is 6.04 Å². The Labute approximate surface area is 187 Å². The number of benzene rings is 2. The number of aryl methyl sites for hydroxylation is 1. The Bertz CT molecular complexity index is 858. The quantitative estimate of drug-likeness (QED) is 0.541. The van der Waals surface area contributed by atoms with E-state index in [1.165, 1.54) is 0 Å². The Morgan fingerprint density at radius 2 is 1.72 bits per heavy atom. The highest BCUT2D eigenvalue weighted by molar-refractivity contribution is 6.42. The third-order valence-electron chi connectivity index (χ3n) is 4.64. The first-order valence-corrected chi connectivity index (χ1v) is 10.7. The van der Waals surface area contributed by atoms with Gasteiger partial charge in [0.2, 0.25) is 11.8 Å². The maximum absolute atomic E-state index is 13.1. The van der Waals surface area contributed by atoms with Gasteiger partial charge in [-0.05, 0) is 49.1 Å². The molecule has 7 heteroatoms. The van der Waals surface area contributed by atoms with Crippen LogP contribution in [0.5, 0.6) is 0 Å². The molecule has 0 fully saturated rings. The molecule has 1 unspecified atom stereocenters. The fourth-order valence-corrected chi connectivity index (χ4v) is 3.68. The Balaban J connectivity index is 2.24. The van der Waals surface area contributed by atoms with Crippen molar-refractivity contribution in [2.75, 3.05) is 6.54 Å². The van der Waals surface area contributed by atoms with Crippen LogP contribution in [0.25, 0.3) is 0 Å². The summed E-state index contributed by atoms with van der Waals surface area (Å²) in [4.78, 5) is 27.3. The third kappa shape index (κ3) is 6.63. The molecule has 0 aliphatic carbocycles. The Morgan fingerprint density at radius 3 is 2.34 bits per heavy atom. The minimum absolute atomic E-state index is 0.117. The van der Waals surface area contributed by atoms with Crippen LogP contribution < -0.4 is 5.32 Å². The van der Waals surface area contributed by atoms with Gasteiger partial charge in [-0.15, -0.1) is 0 Å². The molecule has 2 aromatic carbocycles. The number of carbonyl (C=O) groups excluding carboxylic acids is 2. The number of carbonyl (C=O) groups is 2. The summed E-state index contributed by atoms with van der Waals surface area (Å²) in [6, 6.07) is 12.1. The van der Waals surface area contributed by atoms with E-state index >= 15 is 0 Å². The van der Waals surface area contributed by atoms with Gasteiger partial charge in [0.25, 0.3) is 0 Å². The average molecular weight is 456 g/mol. The lowest BCUT2D eigenvalue weighted by molar-refractivity contribution is -0.141. The molecular formula is C22H25Cl3N2O2. The summed E-state index contributed by atoms with van der Waals surface area (Å²) in [6.07, 6.45) is 1.26. The SMILES string of the molecule is CCNC(=O)C(CC)N(Cc1ccc(Cl)c(Cl)c1)C(=O)CCc1ccccc1Cl. The molecule has 0 radical (unpaired) electrons. The van der Waals surface area contributed by atoms with Crippen LogP contribution >= 0.6 is 34.8 Å². The normalized spacial score (nSPS) is 11.8. The molecule has 0 saturated carbocycles. The lowest BCUT2D eigenvalue weighted by atomic mass is 10.1. The number of hydrogen-bond donors (Lipinski definition) is 1. The van der Waals surface area contributed by atoms with Crippen LogP contribution in [0.4, 0.5) is 0 Å². The summed E-state index contributed by atoms with van der Waals surface area (Å²) in [5.41, 5.74) is 1.72. The summed E-state index contributed by atoms with van der Waals surface area (Å²) >= 11 is 18.4. The fraction of sp³-hybridized carbons (Fsp3) is 0.364. The molecule has 1 N–H and O–H groups in total. The number of rotatable bonds is 9. The minimum atomic E-state index is -0.567. The van der Waals surface area contributed by atoms with Gasteiger partial charge in [-0.2, -0.15) is 0 Å². The molecule has 0 bridgehead atoms. The van der Waals surface area contributed by atoms with Crippen molar-refractivity contribution >= 4 is 46.6 Å². The fourth-order valence-electron chi connectivity index (χ4n) is 3.13. The molecule has 0 heterocycles. The van der Waals surface area contributed by atoms with Gasteiger partial charge in [0.05, 0.1) is 10.0 Å². The van der Waals surface area contributed by atoms with E-state index in [2.05, 4.69) is 5.32 Å². The molecule has 0 aliphatic heterocycles. The zero-order valence-corrected chi connectivity index (χ0v) is 18.8. The first-order chi connectivity index (χ1) is 13.9. The number of likely N-dealkylation sites (N-methyl/N-ethyl adjacent to an activating group) is 1. The summed E-state index contributed by atoms with van der Waals surface area (Å²) in [7, 11) is 0. The molecule has 0 spiro atoms. The molecule has 2 aromatic rings. The van der Waals surface area contributed by atoms with Crippen LogP contribution in [0.1, 0.15) is 37.8 Å². The van der Waals surface area contributed by atoms with Crippen LogP contribution in [0, 0.1) is 0 Å². The first kappa shape index (κ1) is 23.5. The second-order valence-corrected chi connectivity index (χ2v) is 7.90. The predicted octanol–water partition coefficient (Wildman–Crippen LogP) is 5.52. The van der Waals surface area contributed by atoms with Gasteiger partial charge in [0, 0.05) is 24.5 Å². The number of hydrogen-bond acceptors (Lipinski definition) is 2. The first-order valence-electron chi connectivity index (χ1n) is 9.61. The van der Waals surface area contributed by atoms with E-state index in [1.54, 1.807) is 23.1 Å². The van der Waals surface area contributed by atoms with Crippen molar-refractivity contribution in [1.82, 2.24) is 10.2 Å². The van der Waals surface area contributed by atoms with Gasteiger partial charge in [-0.25, -0.2) is 0 Å². The van der Waals surface area contributed by atoms with E-state index in [-0.39, 0.29) is 24.8 Å². The van der Waals surface area contributed by atoms with Crippen LogP contribution in [-0.4, -0.2) is 29.3 Å². The molecule has 4 nitrogen and oxygen atoms in total. The van der Waals surface area contributed by atoms with E-state index in [0.29, 0.717) is 34.5 Å². The number of halogens is 3. The van der Waals surface area contributed by atoms with Crippen molar-refractivity contribution in [1.29, 1.82) is 0 Å². The van der Waals surface area contributed by atoms with Crippen LogP contribution in [0.3, 0.4) is 0 Å². The summed E-state index contributed by atoms with van der Waals surface area (Å²) in [5, 5.41) is 4.31. The van der Waals surface area contributed by atoms with Gasteiger partial charge < -0.3 is 10.2 Å². The Morgan fingerprint density at radius 1 is 1.00 bits per heavy atom. The van der Waals surface area contributed by atoms with Crippen molar-refractivity contribution in [3.05, 3.63) is 68.7 Å². The molecule has 0 aliphatic rings. The Kier molecular flexibility index (Phi) is 9.28. The van der Waals surface area contributed by atoms with Crippen molar-refractivity contribution < 1.29 is 9.59 Å². The maximum Gasteiger partial charge on any atom is 0.242 e. The highest BCUT2D eigenvalue weighted by atomic mass is 35.5. The lowest BCUT2D eigenvalue weighted by Crippen LogP contribution is -2.49. The van der Waals surface area contributed by atoms with E-state index < -0.39 is 6.04 Å². The zero-order valence-electron chi connectivity index (χ0n) is 16.6. The van der Waals surface area contributed by atoms with Gasteiger partial charge in [0.15, 0.2) is 0 Å². The molecule has 0 aromatic heterocycles. The van der Waals surface area contributed by atoms with E-state index in [9.17, 15) is 9.59 Å². The zero-order chi connectivity index (χ0) is 21.4. The number of nitrogens with zero attached hydrogens (tertiary/aromatic N) is 1.